The van der Waals surface area contributed by atoms with Crippen LogP contribution in [0.15, 0.2) is 52.5 Å². The Hall–Kier alpha value is -2.86. The molecule has 5 N–H and O–H groups in total. The average molecular weight is 542 g/mol. The predicted molar refractivity (Wildman–Crippen MR) is 147 cm³/mol. The minimum atomic E-state index is -4.15. The molecule has 1 heterocycles. The van der Waals surface area contributed by atoms with Crippen molar-refractivity contribution in [1.82, 2.24) is 20.7 Å². The smallest absolute Gasteiger partial charge is 0.241 e. The number of amides is 1. The normalized spacial score (nSPS) is 23.9. The Labute approximate surface area is 224 Å². The SMILES string of the molecule is CN(C(=O)CC(NS(=O)(=O)c1ccc2ccccc2c1)C(=O)C1CCCCC1([NH])C=NN)C1CCNCC1. The summed E-state index contributed by atoms with van der Waals surface area (Å²) < 4.78 is 29.6. The van der Waals surface area contributed by atoms with Gasteiger partial charge in [-0.3, -0.25) is 9.59 Å². The van der Waals surface area contributed by atoms with Crippen molar-refractivity contribution < 1.29 is 18.0 Å². The summed E-state index contributed by atoms with van der Waals surface area (Å²) >= 11 is 0. The average Bonchev–Trinajstić information content (AvgIpc) is 2.92. The second-order valence-corrected chi connectivity index (χ2v) is 12.1. The predicted octanol–water partition coefficient (Wildman–Crippen LogP) is 1.81. The Kier molecular flexibility index (Phi) is 8.81. The molecule has 4 rings (SSSR count). The third kappa shape index (κ3) is 6.23. The van der Waals surface area contributed by atoms with E-state index in [4.69, 9.17) is 11.6 Å². The number of sulfonamides is 1. The molecule has 1 aliphatic heterocycles. The van der Waals surface area contributed by atoms with Crippen LogP contribution in [-0.4, -0.2) is 69.0 Å². The van der Waals surface area contributed by atoms with Gasteiger partial charge in [-0.15, -0.1) is 0 Å². The van der Waals surface area contributed by atoms with Crippen LogP contribution < -0.4 is 21.6 Å². The van der Waals surface area contributed by atoms with Crippen LogP contribution in [0, 0.1) is 5.92 Å². The number of nitrogens with two attached hydrogens (primary N) is 1. The minimum absolute atomic E-state index is 0.0115. The third-order valence-electron chi connectivity index (χ3n) is 7.90. The van der Waals surface area contributed by atoms with E-state index in [0.717, 1.165) is 49.5 Å². The summed E-state index contributed by atoms with van der Waals surface area (Å²) in [6.45, 7) is 1.59. The molecule has 0 spiro atoms. The van der Waals surface area contributed by atoms with Gasteiger partial charge in [0.15, 0.2) is 5.78 Å². The molecule has 0 bridgehead atoms. The Morgan fingerprint density at radius 2 is 1.89 bits per heavy atom. The first-order valence-electron chi connectivity index (χ1n) is 13.2. The van der Waals surface area contributed by atoms with Crippen molar-refractivity contribution in [2.24, 2.45) is 16.9 Å². The number of fused-ring (bicyclic) bond motifs is 1. The molecule has 1 amide bonds. The summed E-state index contributed by atoms with van der Waals surface area (Å²) in [4.78, 5) is 28.9. The molecule has 11 heteroatoms. The quantitative estimate of drug-likeness (QED) is 0.250. The number of carbonyl (C=O) groups is 2. The van der Waals surface area contributed by atoms with Gasteiger partial charge in [-0.2, -0.15) is 5.10 Å². The van der Waals surface area contributed by atoms with Gasteiger partial charge in [0.25, 0.3) is 0 Å². The van der Waals surface area contributed by atoms with Gasteiger partial charge >= 0.3 is 0 Å². The van der Waals surface area contributed by atoms with Crippen LogP contribution in [0.25, 0.3) is 10.8 Å². The highest BCUT2D eigenvalue weighted by Gasteiger charge is 2.45. The molecule has 38 heavy (non-hydrogen) atoms. The van der Waals surface area contributed by atoms with E-state index in [0.29, 0.717) is 12.8 Å². The first kappa shape index (κ1) is 28.2. The maximum Gasteiger partial charge on any atom is 0.241 e. The minimum Gasteiger partial charge on any atom is -0.343 e. The van der Waals surface area contributed by atoms with Gasteiger partial charge in [0, 0.05) is 25.2 Å². The Bertz CT molecular complexity index is 1290. The molecule has 1 saturated heterocycles. The number of nitrogens with zero attached hydrogens (tertiary/aromatic N) is 2. The number of Topliss-reactive ketones (excluding diaryl/α,β-unsaturated/α-hetero) is 1. The van der Waals surface area contributed by atoms with Crippen molar-refractivity contribution in [3.8, 4) is 0 Å². The molecule has 1 aliphatic carbocycles. The number of hydrazone groups is 1. The molecule has 205 valence electrons. The fourth-order valence-electron chi connectivity index (χ4n) is 5.63. The van der Waals surface area contributed by atoms with Gasteiger partial charge in [-0.1, -0.05) is 43.2 Å². The second kappa shape index (κ2) is 11.9. The molecule has 2 aliphatic rings. The largest absolute Gasteiger partial charge is 0.343 e. The van der Waals surface area contributed by atoms with Gasteiger partial charge in [-0.05, 0) is 61.7 Å². The zero-order valence-electron chi connectivity index (χ0n) is 21.7. The molecule has 2 aromatic rings. The zero-order chi connectivity index (χ0) is 27.3. The topological polar surface area (TPSA) is 158 Å². The van der Waals surface area contributed by atoms with Gasteiger partial charge in [0.2, 0.25) is 15.9 Å². The standard InChI is InChI=1S/C27H37N6O4S/c1-33(21-11-14-30-15-12-21)25(34)17-24(26(35)23-8-4-5-13-27(23,28)18-31-29)32-38(36,37)22-10-9-19-6-2-3-7-20(19)16-22/h2-3,6-7,9-10,16,18,21,23-24,28,30,32H,4-5,8,11-15,17,29H2,1H3. The molecule has 1 radical (unpaired) electrons. The van der Waals surface area contributed by atoms with E-state index in [-0.39, 0.29) is 23.3 Å². The summed E-state index contributed by atoms with van der Waals surface area (Å²) in [5.74, 6) is 3.76. The van der Waals surface area contributed by atoms with Crippen molar-refractivity contribution in [3.05, 3.63) is 42.5 Å². The lowest BCUT2D eigenvalue weighted by Gasteiger charge is -2.38. The number of hydrogen-bond donors (Lipinski definition) is 3. The number of nitrogens with one attached hydrogen (secondary N) is 3. The Morgan fingerprint density at radius 3 is 2.61 bits per heavy atom. The zero-order valence-corrected chi connectivity index (χ0v) is 22.5. The molecular weight excluding hydrogens is 504 g/mol. The van der Waals surface area contributed by atoms with Crippen LogP contribution in [0.4, 0.5) is 0 Å². The molecule has 3 unspecified atom stereocenters. The van der Waals surface area contributed by atoms with E-state index in [1.807, 2.05) is 24.3 Å². The van der Waals surface area contributed by atoms with E-state index >= 15 is 0 Å². The van der Waals surface area contributed by atoms with E-state index < -0.39 is 33.3 Å². The molecule has 10 nitrogen and oxygen atoms in total. The number of carbonyl (C=O) groups excluding carboxylic acids is 2. The number of rotatable bonds is 9. The lowest BCUT2D eigenvalue weighted by atomic mass is 9.70. The number of piperidine rings is 1. The van der Waals surface area contributed by atoms with Crippen LogP contribution in [-0.2, 0) is 19.6 Å². The molecule has 0 aromatic heterocycles. The highest BCUT2D eigenvalue weighted by molar-refractivity contribution is 7.89. The third-order valence-corrected chi connectivity index (χ3v) is 9.37. The maximum absolute atomic E-state index is 13.9. The van der Waals surface area contributed by atoms with E-state index in [9.17, 15) is 18.0 Å². The van der Waals surface area contributed by atoms with Crippen molar-refractivity contribution in [2.75, 3.05) is 20.1 Å². The summed E-state index contributed by atoms with van der Waals surface area (Å²) in [5, 5.41) is 8.44. The molecule has 2 fully saturated rings. The second-order valence-electron chi connectivity index (χ2n) is 10.4. The fraction of sp³-hybridized carbons (Fsp3) is 0.519. The van der Waals surface area contributed by atoms with Crippen LogP contribution >= 0.6 is 0 Å². The summed E-state index contributed by atoms with van der Waals surface area (Å²) in [5.41, 5.74) is 7.54. The summed E-state index contributed by atoms with van der Waals surface area (Å²) in [6, 6.07) is 10.9. The first-order chi connectivity index (χ1) is 18.1. The number of hydrogen-bond acceptors (Lipinski definition) is 7. The van der Waals surface area contributed by atoms with Crippen molar-refractivity contribution >= 4 is 38.7 Å². The molecule has 2 aromatic carbocycles. The highest BCUT2D eigenvalue weighted by atomic mass is 32.2. The van der Waals surface area contributed by atoms with E-state index in [1.54, 1.807) is 24.1 Å². The Morgan fingerprint density at radius 1 is 1.18 bits per heavy atom. The first-order valence-corrected chi connectivity index (χ1v) is 14.6. The molecule has 3 atom stereocenters. The fourth-order valence-corrected chi connectivity index (χ4v) is 6.87. The van der Waals surface area contributed by atoms with Gasteiger partial charge in [0.05, 0.1) is 22.9 Å². The monoisotopic (exact) mass is 541 g/mol. The van der Waals surface area contributed by atoms with Gasteiger partial charge < -0.3 is 16.1 Å². The van der Waals surface area contributed by atoms with Crippen molar-refractivity contribution in [3.63, 3.8) is 0 Å². The summed E-state index contributed by atoms with van der Waals surface area (Å²) in [6.07, 6.45) is 4.78. The lowest BCUT2D eigenvalue weighted by molar-refractivity contribution is -0.136. The Balaban J connectivity index is 1.63. The highest BCUT2D eigenvalue weighted by Crippen LogP contribution is 2.34. The van der Waals surface area contributed by atoms with Crippen LogP contribution in [0.3, 0.4) is 0 Å². The number of benzene rings is 2. The molecular formula is C27H37N6O4S. The van der Waals surface area contributed by atoms with Gasteiger partial charge in [-0.25, -0.2) is 18.9 Å². The summed E-state index contributed by atoms with van der Waals surface area (Å²) in [7, 11) is -2.45. The maximum atomic E-state index is 13.9. The van der Waals surface area contributed by atoms with Crippen LogP contribution in [0.5, 0.6) is 0 Å². The van der Waals surface area contributed by atoms with Crippen molar-refractivity contribution in [1.29, 1.82) is 0 Å². The number of ketones is 1. The van der Waals surface area contributed by atoms with Crippen molar-refractivity contribution in [2.45, 2.75) is 67.5 Å². The lowest BCUT2D eigenvalue weighted by Crippen LogP contribution is -2.55. The van der Waals surface area contributed by atoms with Crippen LogP contribution in [0.1, 0.15) is 44.9 Å². The molecule has 1 saturated carbocycles. The van der Waals surface area contributed by atoms with E-state index in [1.165, 1.54) is 12.3 Å². The van der Waals surface area contributed by atoms with Gasteiger partial charge in [0.1, 0.15) is 0 Å². The van der Waals surface area contributed by atoms with Crippen LogP contribution in [0.2, 0.25) is 0 Å². The van der Waals surface area contributed by atoms with E-state index in [2.05, 4.69) is 15.1 Å².